The summed E-state index contributed by atoms with van der Waals surface area (Å²) in [5.41, 5.74) is 6.37. The highest BCUT2D eigenvalue weighted by Crippen LogP contribution is 2.48. The van der Waals surface area contributed by atoms with Crippen LogP contribution in [0.5, 0.6) is 0 Å². The molecule has 6 nitrogen and oxygen atoms in total. The maximum absolute atomic E-state index is 13.0. The lowest BCUT2D eigenvalue weighted by atomic mass is 9.84. The molecule has 1 aromatic heterocycles. The SMILES string of the molecule is CCc1nsc(N2CCCN(C(=O)C3C4CCC(C4)C3N)CC2)n1. The number of anilines is 1. The fraction of sp³-hybridized carbons (Fsp3) is 0.824. The molecule has 4 rings (SSSR count). The van der Waals surface area contributed by atoms with Crippen molar-refractivity contribution in [3.05, 3.63) is 5.82 Å². The van der Waals surface area contributed by atoms with E-state index in [0.29, 0.717) is 17.7 Å². The topological polar surface area (TPSA) is 75.4 Å². The second kappa shape index (κ2) is 6.59. The number of fused-ring (bicyclic) bond motifs is 2. The summed E-state index contributed by atoms with van der Waals surface area (Å²) < 4.78 is 4.39. The van der Waals surface area contributed by atoms with Gasteiger partial charge in [-0.25, -0.2) is 4.98 Å². The second-order valence-corrected chi connectivity index (χ2v) is 8.18. The van der Waals surface area contributed by atoms with E-state index in [1.165, 1.54) is 30.8 Å². The van der Waals surface area contributed by atoms with Crippen LogP contribution in [0.1, 0.15) is 38.4 Å². The largest absolute Gasteiger partial charge is 0.345 e. The van der Waals surface area contributed by atoms with Crippen molar-refractivity contribution < 1.29 is 4.79 Å². The molecule has 2 heterocycles. The van der Waals surface area contributed by atoms with Gasteiger partial charge in [-0.05, 0) is 37.5 Å². The third-order valence-electron chi connectivity index (χ3n) is 6.12. The quantitative estimate of drug-likeness (QED) is 0.895. The lowest BCUT2D eigenvalue weighted by Gasteiger charge is -2.32. The molecule has 3 fully saturated rings. The highest BCUT2D eigenvalue weighted by molar-refractivity contribution is 7.09. The predicted molar refractivity (Wildman–Crippen MR) is 95.0 cm³/mol. The molecule has 1 amide bonds. The van der Waals surface area contributed by atoms with Crippen LogP contribution in [0.3, 0.4) is 0 Å². The summed E-state index contributed by atoms with van der Waals surface area (Å²) in [6, 6.07) is 0.0888. The number of nitrogens with two attached hydrogens (primary N) is 1. The first kappa shape index (κ1) is 16.3. The van der Waals surface area contributed by atoms with Crippen LogP contribution in [-0.2, 0) is 11.2 Å². The van der Waals surface area contributed by atoms with E-state index >= 15 is 0 Å². The van der Waals surface area contributed by atoms with Crippen molar-refractivity contribution in [2.45, 2.75) is 45.1 Å². The molecule has 2 aliphatic carbocycles. The number of carbonyl (C=O) groups is 1. The molecule has 4 atom stereocenters. The van der Waals surface area contributed by atoms with Gasteiger partial charge < -0.3 is 15.5 Å². The Labute approximate surface area is 147 Å². The Hall–Kier alpha value is -1.21. The Kier molecular flexibility index (Phi) is 4.47. The number of aromatic nitrogens is 2. The van der Waals surface area contributed by atoms with Crippen LogP contribution in [0.15, 0.2) is 0 Å². The van der Waals surface area contributed by atoms with Gasteiger partial charge in [0.05, 0.1) is 5.92 Å². The molecule has 24 heavy (non-hydrogen) atoms. The molecule has 0 radical (unpaired) electrons. The lowest BCUT2D eigenvalue weighted by molar-refractivity contribution is -0.137. The van der Waals surface area contributed by atoms with Crippen LogP contribution in [0.4, 0.5) is 5.13 Å². The van der Waals surface area contributed by atoms with E-state index < -0.39 is 0 Å². The minimum Gasteiger partial charge on any atom is -0.345 e. The molecular formula is C17H27N5OS. The number of hydrogen-bond donors (Lipinski definition) is 1. The van der Waals surface area contributed by atoms with E-state index in [9.17, 15) is 4.79 Å². The maximum Gasteiger partial charge on any atom is 0.227 e. The summed E-state index contributed by atoms with van der Waals surface area (Å²) in [5, 5.41) is 0.998. The van der Waals surface area contributed by atoms with E-state index in [1.54, 1.807) is 0 Å². The smallest absolute Gasteiger partial charge is 0.227 e. The number of amides is 1. The summed E-state index contributed by atoms with van der Waals surface area (Å²) in [6.07, 6.45) is 5.45. The average Bonchev–Trinajstić information content (AvgIpc) is 3.27. The van der Waals surface area contributed by atoms with E-state index in [4.69, 9.17) is 5.73 Å². The molecule has 2 saturated carbocycles. The van der Waals surface area contributed by atoms with Crippen LogP contribution >= 0.6 is 11.5 Å². The van der Waals surface area contributed by atoms with E-state index in [-0.39, 0.29) is 12.0 Å². The van der Waals surface area contributed by atoms with Crippen molar-refractivity contribution in [3.63, 3.8) is 0 Å². The minimum atomic E-state index is 0.0727. The van der Waals surface area contributed by atoms with Crippen molar-refractivity contribution in [1.82, 2.24) is 14.3 Å². The minimum absolute atomic E-state index is 0.0727. The number of nitrogens with zero attached hydrogens (tertiary/aromatic N) is 4. The predicted octanol–water partition coefficient (Wildman–Crippen LogP) is 1.51. The summed E-state index contributed by atoms with van der Waals surface area (Å²) >= 11 is 1.48. The molecule has 7 heteroatoms. The lowest BCUT2D eigenvalue weighted by Crippen LogP contribution is -2.48. The first-order chi connectivity index (χ1) is 11.7. The molecule has 4 unspecified atom stereocenters. The Morgan fingerprint density at radius 2 is 2.08 bits per heavy atom. The number of rotatable bonds is 3. The van der Waals surface area contributed by atoms with Crippen molar-refractivity contribution in [3.8, 4) is 0 Å². The van der Waals surface area contributed by atoms with Gasteiger partial charge in [-0.3, -0.25) is 4.79 Å². The van der Waals surface area contributed by atoms with Gasteiger partial charge >= 0.3 is 0 Å². The zero-order valence-corrected chi connectivity index (χ0v) is 15.2. The van der Waals surface area contributed by atoms with Gasteiger partial charge in [-0.1, -0.05) is 6.92 Å². The normalized spacial score (nSPS) is 33.1. The fourth-order valence-electron chi connectivity index (χ4n) is 4.76. The van der Waals surface area contributed by atoms with Crippen LogP contribution in [0.25, 0.3) is 0 Å². The Morgan fingerprint density at radius 3 is 2.79 bits per heavy atom. The number of aryl methyl sites for hydroxylation is 1. The van der Waals surface area contributed by atoms with E-state index in [2.05, 4.69) is 26.1 Å². The van der Waals surface area contributed by atoms with Gasteiger partial charge in [-0.2, -0.15) is 4.37 Å². The van der Waals surface area contributed by atoms with Crippen LogP contribution in [0, 0.1) is 17.8 Å². The highest BCUT2D eigenvalue weighted by Gasteiger charge is 2.50. The molecule has 2 N–H and O–H groups in total. The Morgan fingerprint density at radius 1 is 1.25 bits per heavy atom. The van der Waals surface area contributed by atoms with E-state index in [0.717, 1.165) is 50.0 Å². The molecule has 1 aromatic rings. The molecule has 1 aliphatic heterocycles. The van der Waals surface area contributed by atoms with Gasteiger partial charge in [0.1, 0.15) is 5.82 Å². The monoisotopic (exact) mass is 349 g/mol. The summed E-state index contributed by atoms with van der Waals surface area (Å²) in [6.45, 7) is 5.49. The van der Waals surface area contributed by atoms with Crippen molar-refractivity contribution >= 4 is 22.6 Å². The third-order valence-corrected chi connectivity index (χ3v) is 6.93. The molecular weight excluding hydrogens is 322 g/mol. The number of carbonyl (C=O) groups excluding carboxylic acids is 1. The summed E-state index contributed by atoms with van der Waals surface area (Å²) in [7, 11) is 0. The first-order valence-corrected chi connectivity index (χ1v) is 10.1. The van der Waals surface area contributed by atoms with Crippen molar-refractivity contribution in [1.29, 1.82) is 0 Å². The maximum atomic E-state index is 13.0. The van der Waals surface area contributed by atoms with Gasteiger partial charge in [0.15, 0.2) is 0 Å². The standard InChI is InChI=1S/C17H27N5OS/c1-2-13-19-17(24-20-13)22-7-3-6-21(8-9-22)16(23)14-11-4-5-12(10-11)15(14)18/h11-12,14-15H,2-10,18H2,1H3. The van der Waals surface area contributed by atoms with Crippen LogP contribution in [-0.4, -0.2) is 52.4 Å². The molecule has 3 aliphatic rings. The van der Waals surface area contributed by atoms with Gasteiger partial charge in [0, 0.05) is 50.2 Å². The van der Waals surface area contributed by atoms with Gasteiger partial charge in [0.25, 0.3) is 0 Å². The van der Waals surface area contributed by atoms with Crippen LogP contribution in [0.2, 0.25) is 0 Å². The summed E-state index contributed by atoms with van der Waals surface area (Å²) in [5.74, 6) is 2.42. The first-order valence-electron chi connectivity index (χ1n) is 9.29. The Bertz CT molecular complexity index is 604. The van der Waals surface area contributed by atoms with E-state index in [1.807, 2.05) is 0 Å². The molecule has 1 saturated heterocycles. The van der Waals surface area contributed by atoms with Crippen LogP contribution < -0.4 is 10.6 Å². The van der Waals surface area contributed by atoms with Crippen molar-refractivity contribution in [2.24, 2.45) is 23.5 Å². The summed E-state index contributed by atoms with van der Waals surface area (Å²) in [4.78, 5) is 22.0. The van der Waals surface area contributed by atoms with Crippen molar-refractivity contribution in [2.75, 3.05) is 31.1 Å². The highest BCUT2D eigenvalue weighted by atomic mass is 32.1. The zero-order valence-electron chi connectivity index (χ0n) is 14.4. The molecule has 132 valence electrons. The molecule has 0 spiro atoms. The molecule has 2 bridgehead atoms. The average molecular weight is 350 g/mol. The third kappa shape index (κ3) is 2.81. The van der Waals surface area contributed by atoms with Gasteiger partial charge in [-0.15, -0.1) is 0 Å². The Balaban J connectivity index is 1.40. The molecule has 0 aromatic carbocycles. The fourth-order valence-corrected chi connectivity index (χ4v) is 5.56. The van der Waals surface area contributed by atoms with Gasteiger partial charge in [0.2, 0.25) is 11.0 Å². The zero-order chi connectivity index (χ0) is 16.7. The number of hydrogen-bond acceptors (Lipinski definition) is 6. The second-order valence-electron chi connectivity index (χ2n) is 7.45.